The van der Waals surface area contributed by atoms with E-state index in [4.69, 9.17) is 4.74 Å². The summed E-state index contributed by atoms with van der Waals surface area (Å²) in [6.45, 7) is 11.6. The molecule has 1 atom stereocenters. The van der Waals surface area contributed by atoms with Crippen LogP contribution >= 0.6 is 11.3 Å². The van der Waals surface area contributed by atoms with Gasteiger partial charge in [0.1, 0.15) is 12.1 Å². The third kappa shape index (κ3) is 8.78. The van der Waals surface area contributed by atoms with Gasteiger partial charge in [0.05, 0.1) is 5.69 Å². The third-order valence-electron chi connectivity index (χ3n) is 5.26. The van der Waals surface area contributed by atoms with Crippen LogP contribution < -0.4 is 10.6 Å². The maximum atomic E-state index is 12.2. The van der Waals surface area contributed by atoms with Gasteiger partial charge < -0.3 is 20.3 Å². The molecule has 0 fully saturated rings. The molecule has 0 saturated heterocycles. The van der Waals surface area contributed by atoms with Crippen LogP contribution in [-0.4, -0.2) is 47.0 Å². The summed E-state index contributed by atoms with van der Waals surface area (Å²) >= 11 is 1.32. The van der Waals surface area contributed by atoms with Gasteiger partial charge in [0.15, 0.2) is 5.13 Å². The number of nitrogens with one attached hydrogen (secondary N) is 2. The number of rotatable bonds is 9. The summed E-state index contributed by atoms with van der Waals surface area (Å²) in [5.74, 6) is 0.158. The monoisotopic (exact) mass is 488 g/mol. The van der Waals surface area contributed by atoms with Gasteiger partial charge in [0, 0.05) is 31.5 Å². The molecule has 3 amide bonds. The normalized spacial score (nSPS) is 12.1. The number of hydrogen-bond acceptors (Lipinski definition) is 6. The lowest BCUT2D eigenvalue weighted by Gasteiger charge is -2.20. The molecular weight excluding hydrogens is 452 g/mol. The minimum atomic E-state index is -0.646. The molecule has 9 heteroatoms. The zero-order chi connectivity index (χ0) is 25.5. The molecule has 1 aromatic heterocycles. The fourth-order valence-corrected chi connectivity index (χ4v) is 3.85. The second kappa shape index (κ2) is 12.0. The number of nitrogens with zero attached hydrogens (tertiary/aromatic N) is 2. The molecule has 2 N–H and O–H groups in total. The zero-order valence-electron chi connectivity index (χ0n) is 21.2. The maximum absolute atomic E-state index is 12.2. The van der Waals surface area contributed by atoms with E-state index in [0.717, 1.165) is 29.7 Å². The molecule has 0 aliphatic rings. The van der Waals surface area contributed by atoms with Gasteiger partial charge >= 0.3 is 6.09 Å². The summed E-state index contributed by atoms with van der Waals surface area (Å²) in [5.41, 5.74) is 3.41. The van der Waals surface area contributed by atoms with Gasteiger partial charge in [-0.1, -0.05) is 32.4 Å². The SMILES string of the molecule is CCC(C)Cc1cc(-c2csc(NC(=O)CNC(=O)OC(C)(C)C)n2)ccc1CN(C)C(C)=O. The number of carbonyl (C=O) groups excluding carboxylic acids is 3. The lowest BCUT2D eigenvalue weighted by Crippen LogP contribution is -2.37. The summed E-state index contributed by atoms with van der Waals surface area (Å²) in [5, 5.41) is 7.49. The van der Waals surface area contributed by atoms with Crippen LogP contribution in [0.25, 0.3) is 11.3 Å². The molecule has 0 bridgehead atoms. The van der Waals surface area contributed by atoms with Crippen molar-refractivity contribution in [3.8, 4) is 11.3 Å². The number of anilines is 1. The number of hydrogen-bond donors (Lipinski definition) is 2. The highest BCUT2D eigenvalue weighted by atomic mass is 32.1. The number of alkyl carbamates (subject to hydrolysis) is 1. The standard InChI is InChI=1S/C25H36N4O4S/c1-8-16(2)11-20-12-18(9-10-19(20)14-29(7)17(3)30)21-15-34-23(27-21)28-22(31)13-26-24(32)33-25(4,5)6/h9-10,12,15-16H,8,11,13-14H2,1-7H3,(H,26,32)(H,27,28,31). The Hall–Kier alpha value is -2.94. The van der Waals surface area contributed by atoms with Crippen molar-refractivity contribution in [2.24, 2.45) is 5.92 Å². The summed E-state index contributed by atoms with van der Waals surface area (Å²) in [6, 6.07) is 6.17. The Labute approximate surface area is 206 Å². The highest BCUT2D eigenvalue weighted by Crippen LogP contribution is 2.28. The van der Waals surface area contributed by atoms with Crippen LogP contribution in [-0.2, 0) is 27.3 Å². The van der Waals surface area contributed by atoms with Crippen molar-refractivity contribution < 1.29 is 19.1 Å². The van der Waals surface area contributed by atoms with Gasteiger partial charge in [-0.15, -0.1) is 11.3 Å². The number of ether oxygens (including phenoxy) is 1. The lowest BCUT2D eigenvalue weighted by molar-refractivity contribution is -0.128. The summed E-state index contributed by atoms with van der Waals surface area (Å²) in [6.07, 6.45) is 1.33. The first-order valence-corrected chi connectivity index (χ1v) is 12.3. The number of amides is 3. The van der Waals surface area contributed by atoms with E-state index in [1.165, 1.54) is 16.9 Å². The topological polar surface area (TPSA) is 101 Å². The second-order valence-electron chi connectivity index (χ2n) is 9.52. The molecule has 2 aromatic rings. The van der Waals surface area contributed by atoms with Crippen molar-refractivity contribution in [1.82, 2.24) is 15.2 Å². The van der Waals surface area contributed by atoms with E-state index in [9.17, 15) is 14.4 Å². The Morgan fingerprint density at radius 2 is 1.91 bits per heavy atom. The first-order chi connectivity index (χ1) is 15.9. The van der Waals surface area contributed by atoms with Crippen LogP contribution in [0, 0.1) is 5.92 Å². The van der Waals surface area contributed by atoms with Crippen molar-refractivity contribution in [1.29, 1.82) is 0 Å². The Bertz CT molecular complexity index is 1010. The highest BCUT2D eigenvalue weighted by molar-refractivity contribution is 7.14. The lowest BCUT2D eigenvalue weighted by atomic mass is 9.93. The minimum Gasteiger partial charge on any atom is -0.444 e. The van der Waals surface area contributed by atoms with Gasteiger partial charge in [-0.05, 0) is 50.3 Å². The molecule has 0 saturated carbocycles. The molecule has 2 rings (SSSR count). The predicted octanol–water partition coefficient (Wildman–Crippen LogP) is 4.84. The molecule has 34 heavy (non-hydrogen) atoms. The van der Waals surface area contributed by atoms with Gasteiger partial charge in [0.25, 0.3) is 0 Å². The van der Waals surface area contributed by atoms with Crippen LogP contribution in [0.5, 0.6) is 0 Å². The molecule has 1 heterocycles. The molecule has 0 aliphatic carbocycles. The average Bonchev–Trinajstić information content (AvgIpc) is 3.20. The first-order valence-electron chi connectivity index (χ1n) is 11.4. The number of benzene rings is 1. The smallest absolute Gasteiger partial charge is 0.408 e. The quantitative estimate of drug-likeness (QED) is 0.526. The Kier molecular flexibility index (Phi) is 9.61. The van der Waals surface area contributed by atoms with Crippen molar-refractivity contribution in [2.45, 2.75) is 66.5 Å². The average molecular weight is 489 g/mol. The summed E-state index contributed by atoms with van der Waals surface area (Å²) in [4.78, 5) is 41.9. The predicted molar refractivity (Wildman–Crippen MR) is 136 cm³/mol. The zero-order valence-corrected chi connectivity index (χ0v) is 22.0. The molecule has 8 nitrogen and oxygen atoms in total. The fourth-order valence-electron chi connectivity index (χ4n) is 3.11. The Balaban J connectivity index is 2.10. The summed E-state index contributed by atoms with van der Waals surface area (Å²) < 4.78 is 5.13. The van der Waals surface area contributed by atoms with E-state index in [1.54, 1.807) is 39.6 Å². The maximum Gasteiger partial charge on any atom is 0.408 e. The molecule has 186 valence electrons. The van der Waals surface area contributed by atoms with Crippen LogP contribution in [0.2, 0.25) is 0 Å². The summed E-state index contributed by atoms with van der Waals surface area (Å²) in [7, 11) is 1.80. The van der Waals surface area contributed by atoms with Crippen molar-refractivity contribution in [2.75, 3.05) is 18.9 Å². The van der Waals surface area contributed by atoms with Crippen LogP contribution in [0.1, 0.15) is 59.1 Å². The number of thiazole rings is 1. The van der Waals surface area contributed by atoms with Crippen LogP contribution in [0.3, 0.4) is 0 Å². The van der Waals surface area contributed by atoms with Gasteiger partial charge in [-0.3, -0.25) is 9.59 Å². The van der Waals surface area contributed by atoms with Crippen LogP contribution in [0.15, 0.2) is 23.6 Å². The van der Waals surface area contributed by atoms with E-state index in [0.29, 0.717) is 17.6 Å². The molecule has 0 radical (unpaired) electrons. The molecule has 0 aliphatic heterocycles. The van der Waals surface area contributed by atoms with E-state index < -0.39 is 11.7 Å². The molecule has 0 spiro atoms. The minimum absolute atomic E-state index is 0.0274. The third-order valence-corrected chi connectivity index (χ3v) is 6.01. The van der Waals surface area contributed by atoms with Gasteiger partial charge in [-0.2, -0.15) is 0 Å². The van der Waals surface area contributed by atoms with Gasteiger partial charge in [-0.25, -0.2) is 9.78 Å². The van der Waals surface area contributed by atoms with E-state index in [1.807, 2.05) is 11.4 Å². The van der Waals surface area contributed by atoms with E-state index in [-0.39, 0.29) is 18.4 Å². The first kappa shape index (κ1) is 27.3. The Morgan fingerprint density at radius 1 is 1.21 bits per heavy atom. The van der Waals surface area contributed by atoms with Gasteiger partial charge in [0.2, 0.25) is 11.8 Å². The fraction of sp³-hybridized carbons (Fsp3) is 0.520. The van der Waals surface area contributed by atoms with Crippen molar-refractivity contribution in [3.63, 3.8) is 0 Å². The number of aromatic nitrogens is 1. The van der Waals surface area contributed by atoms with E-state index >= 15 is 0 Å². The van der Waals surface area contributed by atoms with Crippen molar-refractivity contribution in [3.05, 3.63) is 34.7 Å². The molecule has 1 aromatic carbocycles. The highest BCUT2D eigenvalue weighted by Gasteiger charge is 2.17. The number of carbonyl (C=O) groups is 3. The molecule has 1 unspecified atom stereocenters. The second-order valence-corrected chi connectivity index (χ2v) is 10.4. The van der Waals surface area contributed by atoms with E-state index in [2.05, 4.69) is 41.6 Å². The Morgan fingerprint density at radius 3 is 2.53 bits per heavy atom. The largest absolute Gasteiger partial charge is 0.444 e. The van der Waals surface area contributed by atoms with Crippen LogP contribution in [0.4, 0.5) is 9.93 Å². The van der Waals surface area contributed by atoms with Crippen molar-refractivity contribution >= 4 is 34.4 Å². The molecular formula is C25H36N4O4S.